The number of rotatable bonds is 4. The number of piperidine rings is 1. The lowest BCUT2D eigenvalue weighted by Crippen LogP contribution is -2.48. The van der Waals surface area contributed by atoms with Crippen molar-refractivity contribution in [2.75, 3.05) is 39.8 Å². The van der Waals surface area contributed by atoms with Crippen LogP contribution in [0.5, 0.6) is 0 Å². The fraction of sp³-hybridized carbons (Fsp3) is 1.00. The van der Waals surface area contributed by atoms with E-state index in [0.29, 0.717) is 0 Å². The molecule has 2 aliphatic rings. The second kappa shape index (κ2) is 7.61. The molecule has 0 spiro atoms. The van der Waals surface area contributed by atoms with E-state index in [-0.39, 0.29) is 0 Å². The molecule has 0 aliphatic carbocycles. The van der Waals surface area contributed by atoms with Crippen LogP contribution in [0.3, 0.4) is 0 Å². The van der Waals surface area contributed by atoms with E-state index >= 15 is 0 Å². The molecule has 1 atom stereocenters. The summed E-state index contributed by atoms with van der Waals surface area (Å²) in [6.45, 7) is 11.0. The number of nitrogens with zero attached hydrogens (tertiary/aromatic N) is 2. The fourth-order valence-electron chi connectivity index (χ4n) is 3.73. The van der Waals surface area contributed by atoms with Gasteiger partial charge in [0.1, 0.15) is 0 Å². The lowest BCUT2D eigenvalue weighted by Gasteiger charge is -2.40. The van der Waals surface area contributed by atoms with E-state index in [9.17, 15) is 0 Å². The van der Waals surface area contributed by atoms with Crippen molar-refractivity contribution in [1.29, 1.82) is 0 Å². The number of nitrogens with one attached hydrogen (secondary N) is 1. The van der Waals surface area contributed by atoms with Gasteiger partial charge in [-0.25, -0.2) is 0 Å². The molecule has 0 saturated carbocycles. The molecular weight excluding hydrogens is 234 g/mol. The van der Waals surface area contributed by atoms with Crippen LogP contribution in [-0.2, 0) is 0 Å². The zero-order chi connectivity index (χ0) is 13.7. The van der Waals surface area contributed by atoms with Gasteiger partial charge in [-0.15, -0.1) is 0 Å². The maximum absolute atomic E-state index is 3.53. The van der Waals surface area contributed by atoms with Gasteiger partial charge in [0.15, 0.2) is 0 Å². The predicted molar refractivity (Wildman–Crippen MR) is 82.6 cm³/mol. The molecule has 2 rings (SSSR count). The predicted octanol–water partition coefficient (Wildman–Crippen LogP) is 2.18. The van der Waals surface area contributed by atoms with Crippen molar-refractivity contribution in [3.8, 4) is 0 Å². The SMILES string of the molecule is CC(C)CN1CCC(N(C)C2CCCNCC2)CC1. The summed E-state index contributed by atoms with van der Waals surface area (Å²) in [5.41, 5.74) is 0. The Hall–Kier alpha value is -0.120. The summed E-state index contributed by atoms with van der Waals surface area (Å²) in [7, 11) is 2.37. The van der Waals surface area contributed by atoms with Crippen molar-refractivity contribution >= 4 is 0 Å². The van der Waals surface area contributed by atoms with Gasteiger partial charge in [0.25, 0.3) is 0 Å². The Balaban J connectivity index is 1.76. The van der Waals surface area contributed by atoms with Gasteiger partial charge in [-0.2, -0.15) is 0 Å². The van der Waals surface area contributed by atoms with Crippen molar-refractivity contribution in [1.82, 2.24) is 15.1 Å². The largest absolute Gasteiger partial charge is 0.317 e. The van der Waals surface area contributed by atoms with E-state index in [1.807, 2.05) is 0 Å². The summed E-state index contributed by atoms with van der Waals surface area (Å²) in [6, 6.07) is 1.64. The van der Waals surface area contributed by atoms with Crippen molar-refractivity contribution in [2.45, 2.75) is 58.0 Å². The highest BCUT2D eigenvalue weighted by molar-refractivity contribution is 4.84. The van der Waals surface area contributed by atoms with Crippen molar-refractivity contribution < 1.29 is 0 Å². The van der Waals surface area contributed by atoms with Crippen LogP contribution in [0.4, 0.5) is 0 Å². The maximum atomic E-state index is 3.53. The lowest BCUT2D eigenvalue weighted by molar-refractivity contribution is 0.0859. The Morgan fingerprint density at radius 1 is 1.05 bits per heavy atom. The highest BCUT2D eigenvalue weighted by Gasteiger charge is 2.27. The van der Waals surface area contributed by atoms with Gasteiger partial charge < -0.3 is 15.1 Å². The molecule has 2 aliphatic heterocycles. The number of likely N-dealkylation sites (tertiary alicyclic amines) is 1. The summed E-state index contributed by atoms with van der Waals surface area (Å²) in [5.74, 6) is 0.808. The molecule has 2 saturated heterocycles. The van der Waals surface area contributed by atoms with E-state index < -0.39 is 0 Å². The van der Waals surface area contributed by atoms with Gasteiger partial charge in [0.2, 0.25) is 0 Å². The minimum absolute atomic E-state index is 0.808. The zero-order valence-corrected chi connectivity index (χ0v) is 13.2. The quantitative estimate of drug-likeness (QED) is 0.842. The second-order valence-electron chi connectivity index (χ2n) is 6.93. The Kier molecular flexibility index (Phi) is 6.11. The smallest absolute Gasteiger partial charge is 0.0119 e. The molecular formula is C16H33N3. The number of hydrogen-bond acceptors (Lipinski definition) is 3. The third-order valence-electron chi connectivity index (χ3n) is 4.88. The molecule has 3 heteroatoms. The fourth-order valence-corrected chi connectivity index (χ4v) is 3.73. The summed E-state index contributed by atoms with van der Waals surface area (Å²) >= 11 is 0. The molecule has 112 valence electrons. The van der Waals surface area contributed by atoms with Crippen LogP contribution >= 0.6 is 0 Å². The summed E-state index contributed by atoms with van der Waals surface area (Å²) in [4.78, 5) is 5.36. The van der Waals surface area contributed by atoms with Gasteiger partial charge in [0, 0.05) is 18.6 Å². The molecule has 0 bridgehead atoms. The molecule has 1 N–H and O–H groups in total. The standard InChI is InChI=1S/C16H33N3/c1-14(2)13-19-11-7-16(8-12-19)18(3)15-5-4-9-17-10-6-15/h14-17H,4-13H2,1-3H3. The van der Waals surface area contributed by atoms with Gasteiger partial charge in [-0.05, 0) is 71.2 Å². The van der Waals surface area contributed by atoms with Crippen molar-refractivity contribution in [3.63, 3.8) is 0 Å². The first-order valence-corrected chi connectivity index (χ1v) is 8.32. The normalized spacial score (nSPS) is 27.9. The third-order valence-corrected chi connectivity index (χ3v) is 4.88. The first-order valence-electron chi connectivity index (χ1n) is 8.32. The van der Waals surface area contributed by atoms with E-state index in [0.717, 1.165) is 18.0 Å². The minimum Gasteiger partial charge on any atom is -0.317 e. The maximum Gasteiger partial charge on any atom is 0.0119 e. The van der Waals surface area contributed by atoms with Crippen LogP contribution in [-0.4, -0.2) is 61.7 Å². The van der Waals surface area contributed by atoms with Crippen molar-refractivity contribution in [2.24, 2.45) is 5.92 Å². The molecule has 3 nitrogen and oxygen atoms in total. The van der Waals surface area contributed by atoms with Gasteiger partial charge >= 0.3 is 0 Å². The highest BCUT2D eigenvalue weighted by atomic mass is 15.2. The monoisotopic (exact) mass is 267 g/mol. The Labute approximate surface area is 119 Å². The van der Waals surface area contributed by atoms with Crippen LogP contribution in [0.1, 0.15) is 46.0 Å². The van der Waals surface area contributed by atoms with E-state index in [1.54, 1.807) is 0 Å². The van der Waals surface area contributed by atoms with E-state index in [2.05, 4.69) is 36.0 Å². The topological polar surface area (TPSA) is 18.5 Å². The summed E-state index contributed by atoms with van der Waals surface area (Å²) in [6.07, 6.45) is 6.81. The molecule has 0 aromatic carbocycles. The Bertz CT molecular complexity index is 238. The first kappa shape index (κ1) is 15.3. The average molecular weight is 267 g/mol. The molecule has 1 unspecified atom stereocenters. The molecule has 2 fully saturated rings. The Morgan fingerprint density at radius 3 is 2.42 bits per heavy atom. The molecule has 2 heterocycles. The lowest BCUT2D eigenvalue weighted by atomic mass is 9.98. The van der Waals surface area contributed by atoms with Crippen LogP contribution < -0.4 is 5.32 Å². The summed E-state index contributed by atoms with van der Waals surface area (Å²) in [5, 5.41) is 3.53. The molecule has 0 aromatic heterocycles. The Morgan fingerprint density at radius 2 is 1.74 bits per heavy atom. The van der Waals surface area contributed by atoms with Gasteiger partial charge in [0.05, 0.1) is 0 Å². The van der Waals surface area contributed by atoms with Crippen molar-refractivity contribution in [3.05, 3.63) is 0 Å². The third kappa shape index (κ3) is 4.73. The summed E-state index contributed by atoms with van der Waals surface area (Å²) < 4.78 is 0. The van der Waals surface area contributed by atoms with Gasteiger partial charge in [-0.1, -0.05) is 13.8 Å². The first-order chi connectivity index (χ1) is 9.16. The highest BCUT2D eigenvalue weighted by Crippen LogP contribution is 2.22. The zero-order valence-electron chi connectivity index (χ0n) is 13.2. The number of hydrogen-bond donors (Lipinski definition) is 1. The van der Waals surface area contributed by atoms with Crippen LogP contribution in [0, 0.1) is 5.92 Å². The van der Waals surface area contributed by atoms with Crippen LogP contribution in [0.25, 0.3) is 0 Å². The average Bonchev–Trinajstić information content (AvgIpc) is 2.67. The van der Waals surface area contributed by atoms with E-state index in [1.165, 1.54) is 64.8 Å². The molecule has 0 amide bonds. The minimum atomic E-state index is 0.808. The van der Waals surface area contributed by atoms with Gasteiger partial charge in [-0.3, -0.25) is 0 Å². The van der Waals surface area contributed by atoms with E-state index in [4.69, 9.17) is 0 Å². The molecule has 0 aromatic rings. The van der Waals surface area contributed by atoms with Crippen LogP contribution in [0.15, 0.2) is 0 Å². The van der Waals surface area contributed by atoms with Crippen LogP contribution in [0.2, 0.25) is 0 Å². The second-order valence-corrected chi connectivity index (χ2v) is 6.93. The molecule has 19 heavy (non-hydrogen) atoms. The molecule has 0 radical (unpaired) electrons.